The summed E-state index contributed by atoms with van der Waals surface area (Å²) in [4.78, 5) is 5.49. The molecule has 3 unspecified atom stereocenters. The van der Waals surface area contributed by atoms with E-state index < -0.39 is 0 Å². The number of fused-ring (bicyclic) bond motifs is 1. The minimum atomic E-state index is 0.688. The summed E-state index contributed by atoms with van der Waals surface area (Å²) in [5.74, 6) is 0. The summed E-state index contributed by atoms with van der Waals surface area (Å²) < 4.78 is 0. The molecular formula is C16H33N3. The largest absolute Gasteiger partial charge is 0.313 e. The van der Waals surface area contributed by atoms with Crippen LogP contribution in [0.3, 0.4) is 0 Å². The molecule has 3 atom stereocenters. The maximum Gasteiger partial charge on any atom is 0.0223 e. The van der Waals surface area contributed by atoms with Gasteiger partial charge in [-0.25, -0.2) is 0 Å². The molecule has 0 aromatic rings. The number of likely N-dealkylation sites (N-methyl/N-ethyl adjacent to an activating group) is 1. The summed E-state index contributed by atoms with van der Waals surface area (Å²) in [5, 5.41) is 3.67. The molecule has 0 aromatic carbocycles. The van der Waals surface area contributed by atoms with Gasteiger partial charge in [-0.15, -0.1) is 0 Å². The Balaban J connectivity index is 1.87. The second-order valence-electron chi connectivity index (χ2n) is 6.49. The molecule has 112 valence electrons. The van der Waals surface area contributed by atoms with Gasteiger partial charge in [-0.2, -0.15) is 0 Å². The maximum absolute atomic E-state index is 3.67. The fraction of sp³-hybridized carbons (Fsp3) is 1.00. The minimum Gasteiger partial charge on any atom is -0.313 e. The van der Waals surface area contributed by atoms with E-state index in [0.717, 1.165) is 18.6 Å². The summed E-state index contributed by atoms with van der Waals surface area (Å²) in [6.07, 6.45) is 6.87. The highest BCUT2D eigenvalue weighted by atomic mass is 15.3. The lowest BCUT2D eigenvalue weighted by molar-refractivity contribution is 0.0104. The normalized spacial score (nSPS) is 31.1. The SMILES string of the molecule is CCCC(CN1CC2CCCCN2CC1C)NCC. The number of hydrogen-bond acceptors (Lipinski definition) is 3. The molecule has 0 radical (unpaired) electrons. The zero-order valence-electron chi connectivity index (χ0n) is 13.2. The van der Waals surface area contributed by atoms with E-state index in [1.165, 1.54) is 58.3 Å². The van der Waals surface area contributed by atoms with Crippen LogP contribution in [0.5, 0.6) is 0 Å². The van der Waals surface area contributed by atoms with Crippen LogP contribution in [0, 0.1) is 0 Å². The van der Waals surface area contributed by atoms with Gasteiger partial charge >= 0.3 is 0 Å². The van der Waals surface area contributed by atoms with Gasteiger partial charge < -0.3 is 5.32 Å². The first-order valence-corrected chi connectivity index (χ1v) is 8.46. The van der Waals surface area contributed by atoms with E-state index in [-0.39, 0.29) is 0 Å². The number of piperidine rings is 1. The van der Waals surface area contributed by atoms with Crippen LogP contribution >= 0.6 is 0 Å². The molecule has 0 aromatic heterocycles. The Bertz CT molecular complexity index is 250. The quantitative estimate of drug-likeness (QED) is 0.797. The number of hydrogen-bond donors (Lipinski definition) is 1. The fourth-order valence-corrected chi connectivity index (χ4v) is 3.85. The van der Waals surface area contributed by atoms with Crippen molar-refractivity contribution in [1.29, 1.82) is 0 Å². The van der Waals surface area contributed by atoms with Gasteiger partial charge in [0.2, 0.25) is 0 Å². The Morgan fingerprint density at radius 3 is 2.79 bits per heavy atom. The van der Waals surface area contributed by atoms with Gasteiger partial charge in [-0.3, -0.25) is 9.80 Å². The van der Waals surface area contributed by atoms with Crippen molar-refractivity contribution in [2.45, 2.75) is 71.0 Å². The maximum atomic E-state index is 3.67. The standard InChI is InChI=1S/C16H33N3/c1-4-8-15(17-5-2)12-19-13-16-9-6-7-10-18(16)11-14(19)3/h14-17H,4-13H2,1-3H3. The van der Waals surface area contributed by atoms with Crippen LogP contribution in [0.25, 0.3) is 0 Å². The van der Waals surface area contributed by atoms with Gasteiger partial charge in [-0.05, 0) is 39.3 Å². The van der Waals surface area contributed by atoms with Crippen molar-refractivity contribution >= 4 is 0 Å². The number of rotatable bonds is 6. The summed E-state index contributed by atoms with van der Waals surface area (Å²) in [6.45, 7) is 13.2. The van der Waals surface area contributed by atoms with Crippen molar-refractivity contribution in [2.24, 2.45) is 0 Å². The van der Waals surface area contributed by atoms with Crippen molar-refractivity contribution in [1.82, 2.24) is 15.1 Å². The number of piperazine rings is 1. The van der Waals surface area contributed by atoms with Gasteiger partial charge in [0, 0.05) is 37.8 Å². The van der Waals surface area contributed by atoms with Gasteiger partial charge in [0.1, 0.15) is 0 Å². The summed E-state index contributed by atoms with van der Waals surface area (Å²) >= 11 is 0. The predicted molar refractivity (Wildman–Crippen MR) is 82.6 cm³/mol. The Labute approximate surface area is 119 Å². The van der Waals surface area contributed by atoms with Crippen LogP contribution in [0.2, 0.25) is 0 Å². The summed E-state index contributed by atoms with van der Waals surface area (Å²) in [7, 11) is 0. The van der Waals surface area contributed by atoms with Gasteiger partial charge in [0.25, 0.3) is 0 Å². The van der Waals surface area contributed by atoms with Crippen LogP contribution in [0.1, 0.15) is 52.9 Å². The first-order chi connectivity index (χ1) is 9.24. The van der Waals surface area contributed by atoms with E-state index in [2.05, 4.69) is 35.9 Å². The highest BCUT2D eigenvalue weighted by Gasteiger charge is 2.33. The van der Waals surface area contributed by atoms with Crippen LogP contribution in [-0.4, -0.2) is 60.6 Å². The zero-order chi connectivity index (χ0) is 13.7. The van der Waals surface area contributed by atoms with Crippen molar-refractivity contribution in [3.05, 3.63) is 0 Å². The molecule has 3 nitrogen and oxygen atoms in total. The van der Waals surface area contributed by atoms with E-state index in [1.807, 2.05) is 0 Å². The topological polar surface area (TPSA) is 18.5 Å². The summed E-state index contributed by atoms with van der Waals surface area (Å²) in [6, 6.07) is 2.26. The lowest BCUT2D eigenvalue weighted by Crippen LogP contribution is -2.60. The third-order valence-electron chi connectivity index (χ3n) is 4.90. The molecule has 2 aliphatic heterocycles. The highest BCUT2D eigenvalue weighted by molar-refractivity contribution is 4.90. The van der Waals surface area contributed by atoms with Crippen LogP contribution in [0.4, 0.5) is 0 Å². The average Bonchev–Trinajstić information content (AvgIpc) is 2.40. The third kappa shape index (κ3) is 4.17. The number of nitrogens with one attached hydrogen (secondary N) is 1. The van der Waals surface area contributed by atoms with Crippen LogP contribution in [0.15, 0.2) is 0 Å². The van der Waals surface area contributed by atoms with Crippen LogP contribution < -0.4 is 5.32 Å². The Kier molecular flexibility index (Phi) is 6.11. The highest BCUT2D eigenvalue weighted by Crippen LogP contribution is 2.24. The molecule has 3 heteroatoms. The molecule has 0 amide bonds. The Hall–Kier alpha value is -0.120. The van der Waals surface area contributed by atoms with Crippen molar-refractivity contribution in [3.63, 3.8) is 0 Å². The lowest BCUT2D eigenvalue weighted by atomic mass is 9.96. The van der Waals surface area contributed by atoms with E-state index in [9.17, 15) is 0 Å². The second-order valence-corrected chi connectivity index (χ2v) is 6.49. The molecule has 19 heavy (non-hydrogen) atoms. The summed E-state index contributed by atoms with van der Waals surface area (Å²) in [5.41, 5.74) is 0. The molecule has 0 bridgehead atoms. The molecule has 2 saturated heterocycles. The molecule has 0 spiro atoms. The van der Waals surface area contributed by atoms with Crippen molar-refractivity contribution in [2.75, 3.05) is 32.7 Å². The van der Waals surface area contributed by atoms with Gasteiger partial charge in [-0.1, -0.05) is 26.7 Å². The first kappa shape index (κ1) is 15.3. The first-order valence-electron chi connectivity index (χ1n) is 8.46. The number of nitrogens with zero attached hydrogens (tertiary/aromatic N) is 2. The van der Waals surface area contributed by atoms with Gasteiger partial charge in [0.15, 0.2) is 0 Å². The third-order valence-corrected chi connectivity index (χ3v) is 4.90. The van der Waals surface area contributed by atoms with Crippen molar-refractivity contribution < 1.29 is 0 Å². The molecule has 2 heterocycles. The molecule has 2 fully saturated rings. The van der Waals surface area contributed by atoms with Crippen LogP contribution in [-0.2, 0) is 0 Å². The molecule has 2 rings (SSSR count). The van der Waals surface area contributed by atoms with Gasteiger partial charge in [0.05, 0.1) is 0 Å². The smallest absolute Gasteiger partial charge is 0.0223 e. The molecule has 0 saturated carbocycles. The molecule has 2 aliphatic rings. The Morgan fingerprint density at radius 2 is 2.05 bits per heavy atom. The predicted octanol–water partition coefficient (Wildman–Crippen LogP) is 2.32. The molecule has 0 aliphatic carbocycles. The average molecular weight is 267 g/mol. The second kappa shape index (κ2) is 7.61. The van der Waals surface area contributed by atoms with E-state index in [4.69, 9.17) is 0 Å². The Morgan fingerprint density at radius 1 is 1.21 bits per heavy atom. The molecule has 1 N–H and O–H groups in total. The monoisotopic (exact) mass is 267 g/mol. The lowest BCUT2D eigenvalue weighted by Gasteiger charge is -2.48. The zero-order valence-corrected chi connectivity index (χ0v) is 13.2. The molecular weight excluding hydrogens is 234 g/mol. The van der Waals surface area contributed by atoms with E-state index >= 15 is 0 Å². The minimum absolute atomic E-state index is 0.688. The van der Waals surface area contributed by atoms with Crippen molar-refractivity contribution in [3.8, 4) is 0 Å². The van der Waals surface area contributed by atoms with E-state index in [0.29, 0.717) is 6.04 Å². The fourth-order valence-electron chi connectivity index (χ4n) is 3.85. The van der Waals surface area contributed by atoms with E-state index in [1.54, 1.807) is 0 Å².